The third kappa shape index (κ3) is 6.24. The Morgan fingerprint density at radius 1 is 1.24 bits per heavy atom. The third-order valence-corrected chi connectivity index (χ3v) is 5.67. The van der Waals surface area contributed by atoms with Gasteiger partial charge in [0.2, 0.25) is 0 Å². The highest BCUT2D eigenvalue weighted by Gasteiger charge is 2.28. The fraction of sp³-hybridized carbons (Fsp3) is 0.500. The zero-order valence-electron chi connectivity index (χ0n) is 15.2. The van der Waals surface area contributed by atoms with Crippen LogP contribution in [0.4, 0.5) is 0 Å². The summed E-state index contributed by atoms with van der Waals surface area (Å²) in [5.74, 6) is 0.339. The maximum atomic E-state index is 12.0. The minimum atomic E-state index is -0.505. The molecule has 25 heavy (non-hydrogen) atoms. The van der Waals surface area contributed by atoms with Crippen LogP contribution in [0.15, 0.2) is 35.2 Å². The van der Waals surface area contributed by atoms with Crippen molar-refractivity contribution in [1.29, 1.82) is 0 Å². The summed E-state index contributed by atoms with van der Waals surface area (Å²) in [5.41, 5.74) is 0.921. The van der Waals surface area contributed by atoms with Gasteiger partial charge in [0.1, 0.15) is 0 Å². The Hall–Kier alpha value is -1.75. The van der Waals surface area contributed by atoms with E-state index >= 15 is 0 Å². The molecule has 5 heteroatoms. The Kier molecular flexibility index (Phi) is 7.56. The van der Waals surface area contributed by atoms with Crippen molar-refractivity contribution in [2.45, 2.75) is 44.0 Å². The monoisotopic (exact) mass is 361 g/mol. The number of esters is 1. The molecule has 1 aliphatic carbocycles. The van der Waals surface area contributed by atoms with Gasteiger partial charge in [0.25, 0.3) is 5.91 Å². The van der Waals surface area contributed by atoms with Crippen molar-refractivity contribution >= 4 is 29.7 Å². The Labute approximate surface area is 154 Å². The average Bonchev–Trinajstić information content (AvgIpc) is 2.62. The van der Waals surface area contributed by atoms with Crippen molar-refractivity contribution in [1.82, 2.24) is 5.32 Å². The SMILES string of the molecule is CSc1ccc(/C=C/C(=O)OCC(=O)N[C@@H]2CCC[C@H](C)[C@H]2C)cc1. The highest BCUT2D eigenvalue weighted by molar-refractivity contribution is 7.98. The third-order valence-electron chi connectivity index (χ3n) is 4.93. The van der Waals surface area contributed by atoms with Gasteiger partial charge < -0.3 is 10.1 Å². The summed E-state index contributed by atoms with van der Waals surface area (Å²) in [6.07, 6.45) is 8.40. The standard InChI is InChI=1S/C20H27NO3S/c1-14-5-4-6-18(15(14)2)21-19(22)13-24-20(23)12-9-16-7-10-17(25-3)11-8-16/h7-12,14-15,18H,4-6,13H2,1-3H3,(H,21,22)/b12-9+/t14-,15+,18+/m0/s1. The molecule has 0 unspecified atom stereocenters. The van der Waals surface area contributed by atoms with Crippen LogP contribution in [0.5, 0.6) is 0 Å². The molecule has 136 valence electrons. The molecule has 3 atom stereocenters. The van der Waals surface area contributed by atoms with E-state index in [4.69, 9.17) is 4.74 Å². The van der Waals surface area contributed by atoms with E-state index < -0.39 is 5.97 Å². The predicted octanol–water partition coefficient (Wildman–Crippen LogP) is 3.91. The maximum absolute atomic E-state index is 12.0. The van der Waals surface area contributed by atoms with Crippen LogP contribution in [0, 0.1) is 11.8 Å². The molecular formula is C20H27NO3S. The van der Waals surface area contributed by atoms with Crippen LogP contribution >= 0.6 is 11.8 Å². The molecule has 1 aromatic rings. The van der Waals surface area contributed by atoms with Crippen LogP contribution in [0.25, 0.3) is 6.08 Å². The van der Waals surface area contributed by atoms with Gasteiger partial charge in [-0.05, 0) is 48.3 Å². The molecule has 0 heterocycles. The summed E-state index contributed by atoms with van der Waals surface area (Å²) in [6, 6.07) is 8.05. The Bertz CT molecular complexity index is 612. The molecule has 0 aliphatic heterocycles. The smallest absolute Gasteiger partial charge is 0.331 e. The van der Waals surface area contributed by atoms with Crippen LogP contribution in [0.2, 0.25) is 0 Å². The first-order chi connectivity index (χ1) is 12.0. The molecule has 2 rings (SSSR count). The highest BCUT2D eigenvalue weighted by Crippen LogP contribution is 2.29. The van der Waals surface area contributed by atoms with Crippen molar-refractivity contribution < 1.29 is 14.3 Å². The number of ether oxygens (including phenoxy) is 1. The molecule has 0 bridgehead atoms. The Morgan fingerprint density at radius 2 is 1.96 bits per heavy atom. The van der Waals surface area contributed by atoms with Gasteiger partial charge in [0.05, 0.1) is 0 Å². The second-order valence-electron chi connectivity index (χ2n) is 6.66. The van der Waals surface area contributed by atoms with E-state index in [2.05, 4.69) is 19.2 Å². The minimum absolute atomic E-state index is 0.181. The van der Waals surface area contributed by atoms with Crippen LogP contribution in [-0.4, -0.2) is 30.8 Å². The second kappa shape index (κ2) is 9.66. The second-order valence-corrected chi connectivity index (χ2v) is 7.54. The number of hydrogen-bond donors (Lipinski definition) is 1. The van der Waals surface area contributed by atoms with Gasteiger partial charge in [-0.1, -0.05) is 38.8 Å². The van der Waals surface area contributed by atoms with Gasteiger partial charge in [-0.25, -0.2) is 4.79 Å². The Morgan fingerprint density at radius 3 is 2.64 bits per heavy atom. The van der Waals surface area contributed by atoms with E-state index in [9.17, 15) is 9.59 Å². The number of hydrogen-bond acceptors (Lipinski definition) is 4. The van der Waals surface area contributed by atoms with Crippen molar-refractivity contribution in [3.63, 3.8) is 0 Å². The first kappa shape index (κ1) is 19.6. The molecule has 0 spiro atoms. The van der Waals surface area contributed by atoms with Gasteiger partial charge in [0.15, 0.2) is 6.61 Å². The quantitative estimate of drug-likeness (QED) is 0.474. The highest BCUT2D eigenvalue weighted by atomic mass is 32.2. The lowest BCUT2D eigenvalue weighted by Gasteiger charge is -2.34. The average molecular weight is 362 g/mol. The normalized spacial score (nSPS) is 23.4. The fourth-order valence-electron chi connectivity index (χ4n) is 3.10. The van der Waals surface area contributed by atoms with Gasteiger partial charge in [-0.15, -0.1) is 11.8 Å². The van der Waals surface area contributed by atoms with Crippen LogP contribution < -0.4 is 5.32 Å². The van der Waals surface area contributed by atoms with Crippen LogP contribution in [0.3, 0.4) is 0 Å². The lowest BCUT2D eigenvalue weighted by atomic mass is 9.78. The van der Waals surface area contributed by atoms with E-state index in [0.717, 1.165) is 18.4 Å². The summed E-state index contributed by atoms with van der Waals surface area (Å²) >= 11 is 1.67. The summed E-state index contributed by atoms with van der Waals surface area (Å²) in [4.78, 5) is 24.9. The van der Waals surface area contributed by atoms with Crippen molar-refractivity contribution in [3.05, 3.63) is 35.9 Å². The molecule has 1 aliphatic rings. The number of nitrogens with one attached hydrogen (secondary N) is 1. The molecule has 0 radical (unpaired) electrons. The zero-order valence-corrected chi connectivity index (χ0v) is 16.0. The molecular weight excluding hydrogens is 334 g/mol. The molecule has 1 amide bonds. The van der Waals surface area contributed by atoms with E-state index in [1.807, 2.05) is 30.5 Å². The molecule has 1 saturated carbocycles. The van der Waals surface area contributed by atoms with Crippen LogP contribution in [0.1, 0.15) is 38.7 Å². The van der Waals surface area contributed by atoms with Gasteiger partial charge >= 0.3 is 5.97 Å². The van der Waals surface area contributed by atoms with Gasteiger partial charge in [0, 0.05) is 17.0 Å². The minimum Gasteiger partial charge on any atom is -0.452 e. The first-order valence-corrected chi connectivity index (χ1v) is 10.0. The Balaban J connectivity index is 1.75. The predicted molar refractivity (Wildman–Crippen MR) is 102 cm³/mol. The van der Waals surface area contributed by atoms with Gasteiger partial charge in [-0.3, -0.25) is 4.79 Å². The topological polar surface area (TPSA) is 55.4 Å². The van der Waals surface area contributed by atoms with Crippen molar-refractivity contribution in [2.75, 3.05) is 12.9 Å². The molecule has 0 saturated heterocycles. The maximum Gasteiger partial charge on any atom is 0.331 e. The van der Waals surface area contributed by atoms with E-state index in [-0.39, 0.29) is 18.6 Å². The molecule has 1 aromatic carbocycles. The number of amides is 1. The summed E-state index contributed by atoms with van der Waals surface area (Å²) in [6.45, 7) is 4.16. The number of thioether (sulfide) groups is 1. The molecule has 1 fully saturated rings. The lowest BCUT2D eigenvalue weighted by Crippen LogP contribution is -2.45. The molecule has 1 N–H and O–H groups in total. The fourth-order valence-corrected chi connectivity index (χ4v) is 3.51. The zero-order chi connectivity index (χ0) is 18.2. The number of carbonyl (C=O) groups is 2. The summed E-state index contributed by atoms with van der Waals surface area (Å²) in [7, 11) is 0. The van der Waals surface area contributed by atoms with Crippen LogP contribution in [-0.2, 0) is 14.3 Å². The first-order valence-electron chi connectivity index (χ1n) is 8.78. The van der Waals surface area contributed by atoms with Crippen molar-refractivity contribution in [2.24, 2.45) is 11.8 Å². The number of benzene rings is 1. The number of rotatable bonds is 6. The van der Waals surface area contributed by atoms with Gasteiger partial charge in [-0.2, -0.15) is 0 Å². The van der Waals surface area contributed by atoms with E-state index in [0.29, 0.717) is 11.8 Å². The van der Waals surface area contributed by atoms with Crippen molar-refractivity contribution in [3.8, 4) is 0 Å². The largest absolute Gasteiger partial charge is 0.452 e. The summed E-state index contributed by atoms with van der Waals surface area (Å²) in [5, 5.41) is 3.00. The van der Waals surface area contributed by atoms with E-state index in [1.165, 1.54) is 17.4 Å². The van der Waals surface area contributed by atoms with E-state index in [1.54, 1.807) is 17.8 Å². The molecule has 0 aromatic heterocycles. The lowest BCUT2D eigenvalue weighted by molar-refractivity contribution is -0.144. The molecule has 4 nitrogen and oxygen atoms in total. The number of carbonyl (C=O) groups excluding carboxylic acids is 2. The summed E-state index contributed by atoms with van der Waals surface area (Å²) < 4.78 is 5.03.